The van der Waals surface area contributed by atoms with Crippen LogP contribution in [0.4, 0.5) is 0 Å². The van der Waals surface area contributed by atoms with Crippen molar-refractivity contribution in [2.45, 2.75) is 18.9 Å². The second-order valence-corrected chi connectivity index (χ2v) is 4.72. The van der Waals surface area contributed by atoms with E-state index in [0.717, 1.165) is 6.42 Å². The van der Waals surface area contributed by atoms with E-state index in [0.29, 0.717) is 23.8 Å². The van der Waals surface area contributed by atoms with Crippen molar-refractivity contribution in [3.63, 3.8) is 0 Å². The Labute approximate surface area is 121 Å². The van der Waals surface area contributed by atoms with Gasteiger partial charge in [0.1, 0.15) is 11.9 Å². The first-order valence-corrected chi connectivity index (χ1v) is 6.61. The van der Waals surface area contributed by atoms with E-state index >= 15 is 0 Å². The molecule has 0 aromatic heterocycles. The first-order valence-electron chi connectivity index (χ1n) is 6.24. The molecule has 2 rings (SSSR count). The Morgan fingerprint density at radius 3 is 2.70 bits per heavy atom. The summed E-state index contributed by atoms with van der Waals surface area (Å²) >= 11 is 5.73. The van der Waals surface area contributed by atoms with Crippen LogP contribution in [0.25, 0.3) is 0 Å². The van der Waals surface area contributed by atoms with Crippen LogP contribution < -0.4 is 15.6 Å². The molecule has 1 aromatic rings. The lowest BCUT2D eigenvalue weighted by Gasteiger charge is -2.11. The maximum Gasteiger partial charge on any atom is 0.276 e. The van der Waals surface area contributed by atoms with Crippen LogP contribution in [0.2, 0.25) is 5.02 Å². The molecule has 0 saturated carbocycles. The highest BCUT2D eigenvalue weighted by Crippen LogP contribution is 2.15. The number of hydrogen-bond donors (Lipinski definition) is 2. The van der Waals surface area contributed by atoms with Crippen molar-refractivity contribution >= 4 is 23.4 Å². The normalized spacial score (nSPS) is 17.6. The van der Waals surface area contributed by atoms with E-state index in [1.165, 1.54) is 0 Å². The van der Waals surface area contributed by atoms with Crippen LogP contribution in [0.3, 0.4) is 0 Å². The summed E-state index contributed by atoms with van der Waals surface area (Å²) in [6.45, 7) is 0.374. The molecular weight excluding hydrogens is 284 g/mol. The van der Waals surface area contributed by atoms with Crippen LogP contribution >= 0.6 is 11.6 Å². The molecule has 0 spiro atoms. The van der Waals surface area contributed by atoms with E-state index in [1.807, 2.05) is 0 Å². The number of benzene rings is 1. The summed E-state index contributed by atoms with van der Waals surface area (Å²) in [5.41, 5.74) is 4.58. The van der Waals surface area contributed by atoms with E-state index in [-0.39, 0.29) is 12.5 Å². The molecule has 1 fully saturated rings. The molecule has 1 aliphatic rings. The smallest absolute Gasteiger partial charge is 0.276 e. The lowest BCUT2D eigenvalue weighted by molar-refractivity contribution is -0.135. The zero-order valence-electron chi connectivity index (χ0n) is 10.7. The highest BCUT2D eigenvalue weighted by molar-refractivity contribution is 6.30. The molecule has 1 aliphatic heterocycles. The van der Waals surface area contributed by atoms with Gasteiger partial charge in [-0.15, -0.1) is 0 Å². The van der Waals surface area contributed by atoms with E-state index in [9.17, 15) is 9.59 Å². The van der Waals surface area contributed by atoms with Gasteiger partial charge in [0.15, 0.2) is 6.61 Å². The van der Waals surface area contributed by atoms with Gasteiger partial charge in [-0.1, -0.05) is 11.6 Å². The molecule has 1 unspecified atom stereocenters. The maximum atomic E-state index is 11.6. The number of hydrogen-bond acceptors (Lipinski definition) is 4. The molecule has 108 valence electrons. The summed E-state index contributed by atoms with van der Waals surface area (Å²) in [6.07, 6.45) is 1.04. The largest absolute Gasteiger partial charge is 0.484 e. The number of amides is 2. The number of halogens is 1. The molecule has 6 nitrogen and oxygen atoms in total. The van der Waals surface area contributed by atoms with E-state index in [1.54, 1.807) is 24.3 Å². The zero-order chi connectivity index (χ0) is 14.4. The topological polar surface area (TPSA) is 76.7 Å². The van der Waals surface area contributed by atoms with Crippen molar-refractivity contribution in [2.75, 3.05) is 13.2 Å². The molecule has 2 amide bonds. The Balaban J connectivity index is 1.67. The van der Waals surface area contributed by atoms with Crippen molar-refractivity contribution in [1.29, 1.82) is 0 Å². The van der Waals surface area contributed by atoms with Gasteiger partial charge in [-0.3, -0.25) is 20.4 Å². The predicted octanol–water partition coefficient (Wildman–Crippen LogP) is 1.05. The number of hydrazine groups is 1. The van der Waals surface area contributed by atoms with Crippen LogP contribution in [0.5, 0.6) is 5.75 Å². The van der Waals surface area contributed by atoms with E-state index in [2.05, 4.69) is 10.9 Å². The van der Waals surface area contributed by atoms with Crippen LogP contribution in [0.15, 0.2) is 24.3 Å². The lowest BCUT2D eigenvalue weighted by atomic mass is 10.2. The standard InChI is InChI=1S/C13H15ClN2O4/c14-9-3-5-10(6-4-9)20-8-12(17)15-16-13(18)11-2-1-7-19-11/h3-6,11H,1-2,7-8H2,(H,15,17)(H,16,18). The summed E-state index contributed by atoms with van der Waals surface area (Å²) < 4.78 is 10.4. The van der Waals surface area contributed by atoms with Gasteiger partial charge in [-0.25, -0.2) is 0 Å². The fraction of sp³-hybridized carbons (Fsp3) is 0.385. The third kappa shape index (κ3) is 4.40. The third-order valence-corrected chi connectivity index (χ3v) is 2.98. The highest BCUT2D eigenvalue weighted by atomic mass is 35.5. The zero-order valence-corrected chi connectivity index (χ0v) is 11.5. The highest BCUT2D eigenvalue weighted by Gasteiger charge is 2.23. The van der Waals surface area contributed by atoms with E-state index < -0.39 is 12.0 Å². The molecule has 1 aromatic carbocycles. The second-order valence-electron chi connectivity index (χ2n) is 4.28. The number of ether oxygens (including phenoxy) is 2. The van der Waals surface area contributed by atoms with Crippen molar-refractivity contribution in [2.24, 2.45) is 0 Å². The average molecular weight is 299 g/mol. The summed E-state index contributed by atoms with van der Waals surface area (Å²) in [6, 6.07) is 6.63. The molecule has 0 bridgehead atoms. The maximum absolute atomic E-state index is 11.6. The Morgan fingerprint density at radius 2 is 2.05 bits per heavy atom. The summed E-state index contributed by atoms with van der Waals surface area (Å²) in [5.74, 6) is -0.274. The quantitative estimate of drug-likeness (QED) is 0.815. The van der Waals surface area contributed by atoms with Crippen LogP contribution in [0, 0.1) is 0 Å². The average Bonchev–Trinajstić information content (AvgIpc) is 2.98. The molecule has 7 heteroatoms. The van der Waals surface area contributed by atoms with Gasteiger partial charge in [0.2, 0.25) is 0 Å². The van der Waals surface area contributed by atoms with Crippen molar-refractivity contribution in [1.82, 2.24) is 10.9 Å². The predicted molar refractivity (Wildman–Crippen MR) is 72.2 cm³/mol. The third-order valence-electron chi connectivity index (χ3n) is 2.73. The monoisotopic (exact) mass is 298 g/mol. The van der Waals surface area contributed by atoms with Gasteiger partial charge in [-0.05, 0) is 37.1 Å². The van der Waals surface area contributed by atoms with E-state index in [4.69, 9.17) is 21.1 Å². The van der Waals surface area contributed by atoms with Crippen LogP contribution in [0.1, 0.15) is 12.8 Å². The molecular formula is C13H15ClN2O4. The molecule has 1 atom stereocenters. The van der Waals surface area contributed by atoms with Crippen LogP contribution in [-0.4, -0.2) is 31.1 Å². The van der Waals surface area contributed by atoms with Gasteiger partial charge in [0.05, 0.1) is 0 Å². The number of carbonyl (C=O) groups is 2. The minimum absolute atomic E-state index is 0.201. The summed E-state index contributed by atoms with van der Waals surface area (Å²) in [7, 11) is 0. The van der Waals surface area contributed by atoms with Gasteiger partial charge in [-0.2, -0.15) is 0 Å². The molecule has 1 saturated heterocycles. The Kier molecular flexibility index (Phi) is 5.20. The lowest BCUT2D eigenvalue weighted by Crippen LogP contribution is -2.47. The SMILES string of the molecule is O=C(COc1ccc(Cl)cc1)NNC(=O)C1CCCO1. The minimum atomic E-state index is -0.479. The molecule has 20 heavy (non-hydrogen) atoms. The number of rotatable bonds is 4. The fourth-order valence-corrected chi connectivity index (χ4v) is 1.84. The molecule has 1 heterocycles. The molecule has 0 radical (unpaired) electrons. The Bertz CT molecular complexity index is 472. The van der Waals surface area contributed by atoms with Gasteiger partial charge >= 0.3 is 0 Å². The summed E-state index contributed by atoms with van der Waals surface area (Å²) in [4.78, 5) is 23.0. The number of carbonyl (C=O) groups excluding carboxylic acids is 2. The van der Waals surface area contributed by atoms with Crippen LogP contribution in [-0.2, 0) is 14.3 Å². The first kappa shape index (κ1) is 14.6. The van der Waals surface area contributed by atoms with Gasteiger partial charge in [0.25, 0.3) is 11.8 Å². The molecule has 2 N–H and O–H groups in total. The van der Waals surface area contributed by atoms with Crippen molar-refractivity contribution in [3.8, 4) is 5.75 Å². The van der Waals surface area contributed by atoms with Gasteiger partial charge < -0.3 is 9.47 Å². The first-order chi connectivity index (χ1) is 9.65. The van der Waals surface area contributed by atoms with Crippen molar-refractivity contribution < 1.29 is 19.1 Å². The Hall–Kier alpha value is -1.79. The van der Waals surface area contributed by atoms with Crippen molar-refractivity contribution in [3.05, 3.63) is 29.3 Å². The summed E-state index contributed by atoms with van der Waals surface area (Å²) in [5, 5.41) is 0.589. The Morgan fingerprint density at radius 1 is 1.30 bits per heavy atom. The van der Waals surface area contributed by atoms with Gasteiger partial charge in [0, 0.05) is 11.6 Å². The second kappa shape index (κ2) is 7.12. The minimum Gasteiger partial charge on any atom is -0.484 e. The molecule has 0 aliphatic carbocycles. The fourth-order valence-electron chi connectivity index (χ4n) is 1.71. The number of nitrogens with one attached hydrogen (secondary N) is 2.